The van der Waals surface area contributed by atoms with Crippen LogP contribution < -0.4 is 10.2 Å². The number of rotatable bonds is 6. The average molecular weight is 539 g/mol. The smallest absolute Gasteiger partial charge is 0.328 e. The van der Waals surface area contributed by atoms with Crippen LogP contribution in [-0.2, 0) is 27.2 Å². The van der Waals surface area contributed by atoms with Gasteiger partial charge in [-0.05, 0) is 49.4 Å². The summed E-state index contributed by atoms with van der Waals surface area (Å²) in [5, 5.41) is 12.6. The topological polar surface area (TPSA) is 130 Å². The Kier molecular flexibility index (Phi) is 8.51. The molecule has 5 heterocycles. The van der Waals surface area contributed by atoms with Crippen molar-refractivity contribution in [3.05, 3.63) is 40.7 Å². The molecular formula is C26H30N6O5S. The Balaban J connectivity index is 1.35. The first-order valence-corrected chi connectivity index (χ1v) is 13.5. The van der Waals surface area contributed by atoms with Crippen molar-refractivity contribution < 1.29 is 23.8 Å². The highest BCUT2D eigenvalue weighted by atomic mass is 32.2. The van der Waals surface area contributed by atoms with E-state index in [1.807, 2.05) is 6.07 Å². The molecule has 11 nitrogen and oxygen atoms in total. The summed E-state index contributed by atoms with van der Waals surface area (Å²) in [6.45, 7) is 5.54. The van der Waals surface area contributed by atoms with Crippen molar-refractivity contribution in [3.8, 4) is 6.07 Å². The Labute approximate surface area is 225 Å². The predicted octanol–water partition coefficient (Wildman–Crippen LogP) is 3.18. The molecule has 5 rings (SSSR count). The van der Waals surface area contributed by atoms with Gasteiger partial charge in [0.2, 0.25) is 0 Å². The second kappa shape index (κ2) is 12.2. The number of aldehydes is 1. The highest BCUT2D eigenvalue weighted by Crippen LogP contribution is 2.33. The standard InChI is InChI=1S/C26H30N6O5S/c1-17-13-36-16-37-15-31(17)11-19-7-18-3-2-5-32(25(18)29-22(19)12-33)26(34)30-24-8-23(20(9-27)10-28-24)38-21-4-6-35-14-21/h7-8,10,12,17,21H,2-6,11,13-16H2,1H3,(H,28,30,34)/t17-,21-/m0/s1. The van der Waals surface area contributed by atoms with E-state index in [-0.39, 0.29) is 24.1 Å². The molecule has 0 aromatic carbocycles. The van der Waals surface area contributed by atoms with Crippen LogP contribution in [0.15, 0.2) is 23.2 Å². The first-order valence-electron chi connectivity index (χ1n) is 12.7. The summed E-state index contributed by atoms with van der Waals surface area (Å²) in [7, 11) is 0. The first kappa shape index (κ1) is 26.5. The number of hydrogen-bond acceptors (Lipinski definition) is 10. The molecule has 3 aliphatic heterocycles. The third-order valence-corrected chi connectivity index (χ3v) is 8.11. The molecule has 0 spiro atoms. The third kappa shape index (κ3) is 5.98. The van der Waals surface area contributed by atoms with E-state index in [9.17, 15) is 14.9 Å². The molecule has 12 heteroatoms. The molecular weight excluding hydrogens is 508 g/mol. The lowest BCUT2D eigenvalue weighted by Crippen LogP contribution is -2.40. The minimum atomic E-state index is -0.382. The van der Waals surface area contributed by atoms with E-state index in [4.69, 9.17) is 14.2 Å². The number of nitrogens with zero attached hydrogens (tertiary/aromatic N) is 5. The minimum absolute atomic E-state index is 0.125. The number of nitrogens with one attached hydrogen (secondary N) is 1. The summed E-state index contributed by atoms with van der Waals surface area (Å²) < 4.78 is 16.4. The van der Waals surface area contributed by atoms with Gasteiger partial charge in [-0.3, -0.25) is 19.9 Å². The molecule has 0 unspecified atom stereocenters. The van der Waals surface area contributed by atoms with Crippen LogP contribution >= 0.6 is 11.8 Å². The van der Waals surface area contributed by atoms with Crippen molar-refractivity contribution in [2.45, 2.75) is 48.9 Å². The highest BCUT2D eigenvalue weighted by molar-refractivity contribution is 8.00. The van der Waals surface area contributed by atoms with Crippen LogP contribution in [-0.4, -0.2) is 78.4 Å². The van der Waals surface area contributed by atoms with Crippen molar-refractivity contribution in [3.63, 3.8) is 0 Å². The Morgan fingerprint density at radius 3 is 3.00 bits per heavy atom. The lowest BCUT2D eigenvalue weighted by Gasteiger charge is -2.30. The summed E-state index contributed by atoms with van der Waals surface area (Å²) in [5.41, 5.74) is 2.47. The second-order valence-electron chi connectivity index (χ2n) is 9.52. The summed E-state index contributed by atoms with van der Waals surface area (Å²) in [6.07, 6.45) is 4.65. The quantitative estimate of drug-likeness (QED) is 0.547. The largest absolute Gasteiger partial charge is 0.380 e. The zero-order valence-electron chi connectivity index (χ0n) is 21.2. The van der Waals surface area contributed by atoms with E-state index < -0.39 is 0 Å². The van der Waals surface area contributed by atoms with E-state index in [0.717, 1.165) is 41.6 Å². The van der Waals surface area contributed by atoms with Crippen LogP contribution in [0.4, 0.5) is 16.4 Å². The van der Waals surface area contributed by atoms with Crippen molar-refractivity contribution in [2.75, 3.05) is 50.1 Å². The number of pyridine rings is 2. The van der Waals surface area contributed by atoms with Gasteiger partial charge < -0.3 is 14.2 Å². The fourth-order valence-corrected chi connectivity index (χ4v) is 5.86. The number of ether oxygens (including phenoxy) is 3. The molecule has 2 aromatic heterocycles. The number of fused-ring (bicyclic) bond motifs is 1. The van der Waals surface area contributed by atoms with Gasteiger partial charge in [0.1, 0.15) is 36.9 Å². The second-order valence-corrected chi connectivity index (χ2v) is 10.9. The molecule has 0 aliphatic carbocycles. The lowest BCUT2D eigenvalue weighted by atomic mass is 10.0. The van der Waals surface area contributed by atoms with E-state index >= 15 is 0 Å². The van der Waals surface area contributed by atoms with E-state index in [1.54, 1.807) is 22.7 Å². The maximum absolute atomic E-state index is 13.3. The van der Waals surface area contributed by atoms with Crippen molar-refractivity contribution in [2.24, 2.45) is 0 Å². The highest BCUT2D eigenvalue weighted by Gasteiger charge is 2.28. The number of carbonyl (C=O) groups excluding carboxylic acids is 2. The van der Waals surface area contributed by atoms with Gasteiger partial charge in [-0.25, -0.2) is 14.8 Å². The molecule has 0 bridgehead atoms. The number of amides is 2. The number of urea groups is 1. The zero-order valence-corrected chi connectivity index (χ0v) is 22.0. The molecule has 1 N–H and O–H groups in total. The number of anilines is 2. The molecule has 0 radical (unpaired) electrons. The molecule has 2 saturated heterocycles. The maximum Gasteiger partial charge on any atom is 0.328 e. The number of hydrogen-bond donors (Lipinski definition) is 1. The van der Waals surface area contributed by atoms with Gasteiger partial charge >= 0.3 is 6.03 Å². The fourth-order valence-electron chi connectivity index (χ4n) is 4.72. The van der Waals surface area contributed by atoms with Crippen LogP contribution in [0.3, 0.4) is 0 Å². The van der Waals surface area contributed by atoms with E-state index in [2.05, 4.69) is 33.2 Å². The lowest BCUT2D eigenvalue weighted by molar-refractivity contribution is -0.0489. The Hall–Kier alpha value is -3.08. The maximum atomic E-state index is 13.3. The summed E-state index contributed by atoms with van der Waals surface area (Å²) in [4.78, 5) is 38.7. The van der Waals surface area contributed by atoms with E-state index in [1.165, 1.54) is 6.20 Å². The molecule has 2 atom stereocenters. The fraction of sp³-hybridized carbons (Fsp3) is 0.500. The van der Waals surface area contributed by atoms with Crippen molar-refractivity contribution in [1.82, 2.24) is 14.9 Å². The van der Waals surface area contributed by atoms with Gasteiger partial charge in [-0.1, -0.05) is 0 Å². The van der Waals surface area contributed by atoms with Gasteiger partial charge in [0.25, 0.3) is 0 Å². The zero-order chi connectivity index (χ0) is 26.5. The van der Waals surface area contributed by atoms with Crippen LogP contribution in [0.2, 0.25) is 0 Å². The minimum Gasteiger partial charge on any atom is -0.380 e. The molecule has 2 fully saturated rings. The molecule has 3 aliphatic rings. The first-order chi connectivity index (χ1) is 18.6. The van der Waals surface area contributed by atoms with Crippen molar-refractivity contribution in [1.29, 1.82) is 5.26 Å². The Morgan fingerprint density at radius 1 is 1.32 bits per heavy atom. The number of thioether (sulfide) groups is 1. The molecule has 200 valence electrons. The summed E-state index contributed by atoms with van der Waals surface area (Å²) in [6, 6.07) is 5.62. The van der Waals surface area contributed by atoms with Crippen molar-refractivity contribution >= 4 is 35.7 Å². The monoisotopic (exact) mass is 538 g/mol. The Morgan fingerprint density at radius 2 is 2.21 bits per heavy atom. The van der Waals surface area contributed by atoms with Gasteiger partial charge in [-0.15, -0.1) is 11.8 Å². The summed E-state index contributed by atoms with van der Waals surface area (Å²) in [5.74, 6) is 0.835. The SMILES string of the molecule is C[C@H]1COCOCN1Cc1cc2c(nc1C=O)N(C(=O)Nc1cc(S[C@H]3CCOC3)c(C#N)cn1)CCC2. The molecule has 38 heavy (non-hydrogen) atoms. The van der Waals surface area contributed by atoms with E-state index in [0.29, 0.717) is 62.5 Å². The van der Waals surface area contributed by atoms with Crippen LogP contribution in [0.1, 0.15) is 46.9 Å². The predicted molar refractivity (Wildman–Crippen MR) is 140 cm³/mol. The number of carbonyl (C=O) groups is 2. The molecule has 0 saturated carbocycles. The number of nitriles is 1. The number of aryl methyl sites for hydroxylation is 1. The Bertz CT molecular complexity index is 1230. The average Bonchev–Trinajstić information content (AvgIpc) is 3.36. The van der Waals surface area contributed by atoms with Crippen LogP contribution in [0.25, 0.3) is 0 Å². The van der Waals surface area contributed by atoms with Gasteiger partial charge in [0, 0.05) is 42.1 Å². The van der Waals surface area contributed by atoms with Gasteiger partial charge in [0.15, 0.2) is 6.29 Å². The van der Waals surface area contributed by atoms with Crippen LogP contribution in [0.5, 0.6) is 0 Å². The molecule has 2 aromatic rings. The number of aromatic nitrogens is 2. The van der Waals surface area contributed by atoms with Gasteiger partial charge in [0.05, 0.1) is 18.8 Å². The molecule has 2 amide bonds. The summed E-state index contributed by atoms with van der Waals surface area (Å²) >= 11 is 1.57. The van der Waals surface area contributed by atoms with Crippen LogP contribution in [0, 0.1) is 11.3 Å². The van der Waals surface area contributed by atoms with Gasteiger partial charge in [-0.2, -0.15) is 5.26 Å². The normalized spacial score (nSPS) is 21.8. The third-order valence-electron chi connectivity index (χ3n) is 6.81.